The molecule has 5 rings (SSSR count). The molecule has 0 atom stereocenters. The number of amides is 4. The first-order valence-electron chi connectivity index (χ1n) is 12.9. The van der Waals surface area contributed by atoms with E-state index < -0.39 is 17.8 Å². The number of nitrogens with zero attached hydrogens (tertiary/aromatic N) is 2. The second-order valence-corrected chi connectivity index (χ2v) is 9.22. The number of fused-ring (bicyclic) bond motifs is 1. The topological polar surface area (TPSA) is 80.6 Å². The molecule has 7 heteroatoms. The molecule has 2 heterocycles. The van der Waals surface area contributed by atoms with Crippen LogP contribution < -0.4 is 15.0 Å². The van der Waals surface area contributed by atoms with Crippen LogP contribution >= 0.6 is 0 Å². The van der Waals surface area contributed by atoms with Crippen LogP contribution in [0.5, 0.6) is 5.75 Å². The van der Waals surface area contributed by atoms with Gasteiger partial charge in [0.25, 0.3) is 11.8 Å². The number of imide groups is 2. The third kappa shape index (κ3) is 5.25. The first-order chi connectivity index (χ1) is 19.0. The highest BCUT2D eigenvalue weighted by molar-refractivity contribution is 6.39. The van der Waals surface area contributed by atoms with Gasteiger partial charge in [-0.3, -0.25) is 14.9 Å². The van der Waals surface area contributed by atoms with Gasteiger partial charge < -0.3 is 9.30 Å². The maximum atomic E-state index is 13.4. The lowest BCUT2D eigenvalue weighted by molar-refractivity contribution is -0.122. The first-order valence-corrected chi connectivity index (χ1v) is 12.9. The fourth-order valence-electron chi connectivity index (χ4n) is 4.73. The van der Waals surface area contributed by atoms with Crippen molar-refractivity contribution in [1.29, 1.82) is 0 Å². The van der Waals surface area contributed by atoms with E-state index in [1.54, 1.807) is 18.2 Å². The van der Waals surface area contributed by atoms with E-state index in [2.05, 4.69) is 11.9 Å². The number of hydrogen-bond acceptors (Lipinski definition) is 4. The highest BCUT2D eigenvalue weighted by atomic mass is 16.5. The molecule has 0 spiro atoms. The van der Waals surface area contributed by atoms with Gasteiger partial charge in [-0.15, -0.1) is 6.58 Å². The molecule has 0 radical (unpaired) electrons. The van der Waals surface area contributed by atoms with Gasteiger partial charge in [0.2, 0.25) is 0 Å². The molecular weight excluding hydrogens is 490 g/mol. The molecule has 4 aromatic rings. The predicted octanol–water partition coefficient (Wildman–Crippen LogP) is 5.68. The average Bonchev–Trinajstić information content (AvgIpc) is 3.29. The van der Waals surface area contributed by atoms with Crippen LogP contribution in [0.4, 0.5) is 10.5 Å². The maximum Gasteiger partial charge on any atom is 0.335 e. The summed E-state index contributed by atoms with van der Waals surface area (Å²) in [6, 6.07) is 22.0. The van der Waals surface area contributed by atoms with E-state index in [0.717, 1.165) is 45.5 Å². The predicted molar refractivity (Wildman–Crippen MR) is 153 cm³/mol. The smallest absolute Gasteiger partial charge is 0.335 e. The van der Waals surface area contributed by atoms with Crippen molar-refractivity contribution in [3.63, 3.8) is 0 Å². The van der Waals surface area contributed by atoms with Crippen molar-refractivity contribution in [3.8, 4) is 5.75 Å². The number of ether oxygens (including phenoxy) is 1. The first kappa shape index (κ1) is 25.7. The van der Waals surface area contributed by atoms with E-state index in [0.29, 0.717) is 24.4 Å². The average molecular weight is 520 g/mol. The van der Waals surface area contributed by atoms with Crippen molar-refractivity contribution in [2.75, 3.05) is 11.5 Å². The normalized spacial score (nSPS) is 14.6. The zero-order chi connectivity index (χ0) is 27.4. The molecule has 0 bridgehead atoms. The number of aryl methyl sites for hydroxylation is 1. The van der Waals surface area contributed by atoms with Gasteiger partial charge in [0.15, 0.2) is 0 Å². The van der Waals surface area contributed by atoms with Crippen molar-refractivity contribution in [3.05, 3.63) is 114 Å². The van der Waals surface area contributed by atoms with E-state index in [1.165, 1.54) is 0 Å². The van der Waals surface area contributed by atoms with Gasteiger partial charge in [-0.05, 0) is 54.3 Å². The molecule has 7 nitrogen and oxygen atoms in total. The summed E-state index contributed by atoms with van der Waals surface area (Å²) in [5.41, 5.74) is 4.10. The quantitative estimate of drug-likeness (QED) is 0.175. The number of carbonyl (C=O) groups is 3. The Morgan fingerprint density at radius 3 is 2.46 bits per heavy atom. The van der Waals surface area contributed by atoms with Crippen LogP contribution in [0.15, 0.2) is 97.2 Å². The molecule has 1 N–H and O–H groups in total. The van der Waals surface area contributed by atoms with Crippen molar-refractivity contribution in [2.45, 2.75) is 26.3 Å². The summed E-state index contributed by atoms with van der Waals surface area (Å²) in [5.74, 6) is -0.560. The van der Waals surface area contributed by atoms with Crippen LogP contribution in [0, 0.1) is 0 Å². The summed E-state index contributed by atoms with van der Waals surface area (Å²) < 4.78 is 8.12. The minimum absolute atomic E-state index is 0.105. The Morgan fingerprint density at radius 2 is 1.69 bits per heavy atom. The van der Waals surface area contributed by atoms with E-state index in [9.17, 15) is 14.4 Å². The maximum absolute atomic E-state index is 13.4. The molecule has 3 aromatic carbocycles. The largest absolute Gasteiger partial charge is 0.491 e. The summed E-state index contributed by atoms with van der Waals surface area (Å²) in [6.45, 7) is 6.82. The third-order valence-electron chi connectivity index (χ3n) is 6.75. The number of carbonyl (C=O) groups excluding carboxylic acids is 3. The lowest BCUT2D eigenvalue weighted by atomic mass is 10.1. The van der Waals surface area contributed by atoms with Crippen LogP contribution in [0.1, 0.15) is 23.6 Å². The lowest BCUT2D eigenvalue weighted by Gasteiger charge is -2.26. The number of urea groups is 1. The molecule has 1 saturated heterocycles. The second-order valence-electron chi connectivity index (χ2n) is 9.22. The molecule has 39 heavy (non-hydrogen) atoms. The fraction of sp³-hybridized carbons (Fsp3) is 0.156. The zero-order valence-corrected chi connectivity index (χ0v) is 21.7. The summed E-state index contributed by atoms with van der Waals surface area (Å²) in [4.78, 5) is 39.8. The Bertz CT molecular complexity index is 1600. The standard InChI is InChI=1S/C32H29N3O4/c1-3-9-23-10-5-8-13-29(23)39-19-18-34-21-24(26-11-6-7-12-28(26)34)20-27-30(36)33-32(38)35(31(27)37)25-16-14-22(4-2)15-17-25/h3,5-8,10-17,20-21H,1,4,9,18-19H2,2H3,(H,33,36,38)/b27-20-. The van der Waals surface area contributed by atoms with Crippen LogP contribution in [0.3, 0.4) is 0 Å². The van der Waals surface area contributed by atoms with Gasteiger partial charge in [0.05, 0.1) is 12.2 Å². The number of aromatic nitrogens is 1. The molecule has 1 fully saturated rings. The van der Waals surface area contributed by atoms with Crippen molar-refractivity contribution in [2.24, 2.45) is 0 Å². The molecule has 1 aromatic heterocycles. The van der Waals surface area contributed by atoms with Gasteiger partial charge in [0.1, 0.15) is 17.9 Å². The van der Waals surface area contributed by atoms with Crippen LogP contribution in [0.25, 0.3) is 17.0 Å². The number of benzene rings is 3. The lowest BCUT2D eigenvalue weighted by Crippen LogP contribution is -2.54. The minimum Gasteiger partial charge on any atom is -0.491 e. The monoisotopic (exact) mass is 519 g/mol. The molecule has 0 unspecified atom stereocenters. The number of rotatable bonds is 9. The molecule has 196 valence electrons. The second kappa shape index (κ2) is 11.2. The van der Waals surface area contributed by atoms with E-state index in [1.807, 2.05) is 84.4 Å². The molecule has 0 aliphatic carbocycles. The summed E-state index contributed by atoms with van der Waals surface area (Å²) >= 11 is 0. The number of para-hydroxylation sites is 2. The van der Waals surface area contributed by atoms with E-state index in [-0.39, 0.29) is 5.57 Å². The van der Waals surface area contributed by atoms with Crippen molar-refractivity contribution in [1.82, 2.24) is 9.88 Å². The Labute approximate surface area is 227 Å². The highest BCUT2D eigenvalue weighted by Gasteiger charge is 2.37. The van der Waals surface area contributed by atoms with Gasteiger partial charge in [-0.1, -0.05) is 61.5 Å². The zero-order valence-electron chi connectivity index (χ0n) is 21.7. The Kier molecular flexibility index (Phi) is 7.41. The van der Waals surface area contributed by atoms with Crippen LogP contribution in [-0.4, -0.2) is 29.0 Å². The molecule has 1 aliphatic heterocycles. The van der Waals surface area contributed by atoms with Crippen molar-refractivity contribution >= 4 is 40.5 Å². The number of nitrogens with one attached hydrogen (secondary N) is 1. The number of allylic oxidation sites excluding steroid dienone is 1. The Morgan fingerprint density at radius 1 is 0.949 bits per heavy atom. The summed E-state index contributed by atoms with van der Waals surface area (Å²) in [5, 5.41) is 3.19. The fourth-order valence-corrected chi connectivity index (χ4v) is 4.73. The molecule has 1 aliphatic rings. The van der Waals surface area contributed by atoms with Crippen LogP contribution in [0.2, 0.25) is 0 Å². The molecule has 4 amide bonds. The summed E-state index contributed by atoms with van der Waals surface area (Å²) in [7, 11) is 0. The van der Waals surface area contributed by atoms with Crippen molar-refractivity contribution < 1.29 is 19.1 Å². The molecule has 0 saturated carbocycles. The van der Waals surface area contributed by atoms with Gasteiger partial charge >= 0.3 is 6.03 Å². The number of hydrogen-bond donors (Lipinski definition) is 1. The number of anilines is 1. The highest BCUT2D eigenvalue weighted by Crippen LogP contribution is 2.27. The number of barbiturate groups is 1. The van der Waals surface area contributed by atoms with Gasteiger partial charge in [0, 0.05) is 22.7 Å². The third-order valence-corrected chi connectivity index (χ3v) is 6.75. The Balaban J connectivity index is 1.43. The van der Waals surface area contributed by atoms with E-state index in [4.69, 9.17) is 4.74 Å². The Hall–Kier alpha value is -4.91. The molecular formula is C32H29N3O4. The SMILES string of the molecule is C=CCc1ccccc1OCCn1cc(/C=C2/C(=O)NC(=O)N(c3ccc(CC)cc3)C2=O)c2ccccc21. The van der Waals surface area contributed by atoms with Gasteiger partial charge in [-0.2, -0.15) is 0 Å². The van der Waals surface area contributed by atoms with Gasteiger partial charge in [-0.25, -0.2) is 9.69 Å². The van der Waals surface area contributed by atoms with Crippen LogP contribution in [-0.2, 0) is 29.0 Å². The summed E-state index contributed by atoms with van der Waals surface area (Å²) in [6.07, 6.45) is 6.85. The minimum atomic E-state index is -0.761. The van der Waals surface area contributed by atoms with E-state index >= 15 is 0 Å².